The zero-order valence-corrected chi connectivity index (χ0v) is 8.98. The summed E-state index contributed by atoms with van der Waals surface area (Å²) in [6, 6.07) is 0. The predicted molar refractivity (Wildman–Crippen MR) is 61.5 cm³/mol. The van der Waals surface area contributed by atoms with Crippen molar-refractivity contribution in [3.8, 4) is 24.7 Å². The Kier molecular flexibility index (Phi) is 3.61. The van der Waals surface area contributed by atoms with Crippen LogP contribution in [0.2, 0.25) is 0 Å². The van der Waals surface area contributed by atoms with E-state index in [0.717, 1.165) is 36.8 Å². The summed E-state index contributed by atoms with van der Waals surface area (Å²) < 4.78 is 0. The maximum absolute atomic E-state index is 5.46. The van der Waals surface area contributed by atoms with Crippen molar-refractivity contribution in [3.05, 3.63) is 22.3 Å². The van der Waals surface area contributed by atoms with Gasteiger partial charge in [0, 0.05) is 11.1 Å². The third-order valence-corrected chi connectivity index (χ3v) is 2.88. The van der Waals surface area contributed by atoms with Gasteiger partial charge in [-0.25, -0.2) is 0 Å². The summed E-state index contributed by atoms with van der Waals surface area (Å²) in [4.78, 5) is 0. The fourth-order valence-electron chi connectivity index (χ4n) is 1.74. The number of terminal acetylenes is 2. The molecule has 0 atom stereocenters. The molecule has 0 heterocycles. The van der Waals surface area contributed by atoms with E-state index in [2.05, 4.69) is 25.7 Å². The van der Waals surface area contributed by atoms with Crippen molar-refractivity contribution < 1.29 is 0 Å². The summed E-state index contributed by atoms with van der Waals surface area (Å²) in [5.74, 6) is 5.54. The van der Waals surface area contributed by atoms with Gasteiger partial charge in [0.25, 0.3) is 0 Å². The van der Waals surface area contributed by atoms with Gasteiger partial charge in [-0.2, -0.15) is 0 Å². The first-order chi connectivity index (χ1) is 6.69. The van der Waals surface area contributed by atoms with E-state index in [4.69, 9.17) is 12.8 Å². The average Bonchev–Trinajstić information content (AvgIpc) is 2.19. The quantitative estimate of drug-likeness (QED) is 0.506. The molecule has 0 saturated carbocycles. The Balaban J connectivity index is 2.90. The third-order valence-electron chi connectivity index (χ3n) is 2.88. The Morgan fingerprint density at radius 3 is 1.43 bits per heavy atom. The molecular weight excluding hydrogens is 168 g/mol. The van der Waals surface area contributed by atoms with Gasteiger partial charge >= 0.3 is 0 Å². The second-order valence-electron chi connectivity index (χ2n) is 3.81. The molecule has 0 N–H and O–H groups in total. The zero-order chi connectivity index (χ0) is 10.6. The molecule has 0 bridgehead atoms. The molecule has 0 aromatic rings. The molecule has 0 aliphatic heterocycles. The molecule has 0 radical (unpaired) electrons. The van der Waals surface area contributed by atoms with Crippen molar-refractivity contribution in [2.45, 2.75) is 39.5 Å². The van der Waals surface area contributed by atoms with Gasteiger partial charge in [-0.3, -0.25) is 0 Å². The van der Waals surface area contributed by atoms with Crippen LogP contribution in [0.15, 0.2) is 22.3 Å². The first kappa shape index (κ1) is 10.7. The summed E-state index contributed by atoms with van der Waals surface area (Å²) in [5.41, 5.74) is 4.99. The minimum Gasteiger partial charge on any atom is -0.115 e. The number of hydrogen-bond acceptors (Lipinski definition) is 0. The van der Waals surface area contributed by atoms with E-state index in [1.807, 2.05) is 0 Å². The van der Waals surface area contributed by atoms with E-state index >= 15 is 0 Å². The Morgan fingerprint density at radius 2 is 1.14 bits per heavy atom. The fourth-order valence-corrected chi connectivity index (χ4v) is 1.74. The topological polar surface area (TPSA) is 0 Å². The summed E-state index contributed by atoms with van der Waals surface area (Å²) in [5, 5.41) is 0. The Labute approximate surface area is 87.1 Å². The van der Waals surface area contributed by atoms with Crippen LogP contribution in [-0.2, 0) is 0 Å². The Morgan fingerprint density at radius 1 is 0.786 bits per heavy atom. The molecule has 1 aliphatic carbocycles. The summed E-state index contributed by atoms with van der Waals surface area (Å²) in [6.45, 7) is 4.26. The fraction of sp³-hybridized carbons (Fsp3) is 0.429. The highest BCUT2D eigenvalue weighted by Crippen LogP contribution is 2.25. The molecule has 0 fully saturated rings. The van der Waals surface area contributed by atoms with Gasteiger partial charge in [0.1, 0.15) is 0 Å². The van der Waals surface area contributed by atoms with E-state index in [9.17, 15) is 0 Å². The number of allylic oxidation sites excluding steroid dienone is 4. The summed E-state index contributed by atoms with van der Waals surface area (Å²) in [7, 11) is 0. The molecule has 0 aromatic heterocycles. The molecule has 0 aromatic carbocycles. The van der Waals surface area contributed by atoms with Gasteiger partial charge < -0.3 is 0 Å². The number of hydrogen-bond donors (Lipinski definition) is 0. The van der Waals surface area contributed by atoms with Crippen LogP contribution in [0.5, 0.6) is 0 Å². The van der Waals surface area contributed by atoms with Crippen LogP contribution >= 0.6 is 0 Å². The zero-order valence-electron chi connectivity index (χ0n) is 8.98. The molecule has 0 spiro atoms. The highest BCUT2D eigenvalue weighted by molar-refractivity contribution is 5.37. The summed E-state index contributed by atoms with van der Waals surface area (Å²) in [6.07, 6.45) is 14.9. The lowest BCUT2D eigenvalue weighted by atomic mass is 9.91. The van der Waals surface area contributed by atoms with Gasteiger partial charge in [-0.15, -0.1) is 12.8 Å². The highest BCUT2D eigenvalue weighted by atomic mass is 14.1. The molecule has 0 heteroatoms. The summed E-state index contributed by atoms with van der Waals surface area (Å²) >= 11 is 0. The van der Waals surface area contributed by atoms with Crippen LogP contribution in [0.1, 0.15) is 39.5 Å². The van der Waals surface area contributed by atoms with Crippen LogP contribution in [0, 0.1) is 24.7 Å². The van der Waals surface area contributed by atoms with E-state index < -0.39 is 0 Å². The van der Waals surface area contributed by atoms with Gasteiger partial charge in [0.15, 0.2) is 0 Å². The Bertz CT molecular complexity index is 326. The first-order valence-corrected chi connectivity index (χ1v) is 4.99. The SMILES string of the molecule is C#CC1=C(C)CCC(C)=C(C#C)CC1. The normalized spacial score (nSPS) is 18.3. The van der Waals surface area contributed by atoms with Crippen molar-refractivity contribution in [1.29, 1.82) is 0 Å². The largest absolute Gasteiger partial charge is 0.115 e. The molecule has 0 saturated heterocycles. The van der Waals surface area contributed by atoms with Crippen LogP contribution in [0.25, 0.3) is 0 Å². The molecule has 1 aliphatic rings. The molecule has 72 valence electrons. The van der Waals surface area contributed by atoms with E-state index in [-0.39, 0.29) is 0 Å². The maximum atomic E-state index is 5.46. The van der Waals surface area contributed by atoms with Crippen LogP contribution in [0.3, 0.4) is 0 Å². The van der Waals surface area contributed by atoms with Crippen molar-refractivity contribution >= 4 is 0 Å². The lowest BCUT2D eigenvalue weighted by Crippen LogP contribution is -1.97. The second-order valence-corrected chi connectivity index (χ2v) is 3.81. The van der Waals surface area contributed by atoms with E-state index in [1.165, 1.54) is 11.1 Å². The molecule has 1 rings (SSSR count). The standard InChI is InChI=1S/C14H16/c1-5-13-9-10-14(6-2)12(4)8-7-11(13)3/h1-2H,7-10H2,3-4H3. The molecular formula is C14H16. The monoisotopic (exact) mass is 184 g/mol. The minimum atomic E-state index is 0.930. The minimum absolute atomic E-state index is 0.930. The smallest absolute Gasteiger partial charge is 0.00105 e. The third kappa shape index (κ3) is 2.30. The van der Waals surface area contributed by atoms with Gasteiger partial charge in [0.05, 0.1) is 0 Å². The first-order valence-electron chi connectivity index (χ1n) is 4.99. The number of rotatable bonds is 0. The average molecular weight is 184 g/mol. The van der Waals surface area contributed by atoms with E-state index in [1.54, 1.807) is 0 Å². The van der Waals surface area contributed by atoms with Crippen LogP contribution < -0.4 is 0 Å². The van der Waals surface area contributed by atoms with Gasteiger partial charge in [-0.05, 0) is 39.5 Å². The van der Waals surface area contributed by atoms with E-state index in [0.29, 0.717) is 0 Å². The van der Waals surface area contributed by atoms with Gasteiger partial charge in [0.2, 0.25) is 0 Å². The molecule has 0 unspecified atom stereocenters. The maximum Gasteiger partial charge on any atom is 0.00105 e. The van der Waals surface area contributed by atoms with Crippen molar-refractivity contribution in [3.63, 3.8) is 0 Å². The van der Waals surface area contributed by atoms with Crippen molar-refractivity contribution in [2.24, 2.45) is 0 Å². The lowest BCUT2D eigenvalue weighted by molar-refractivity contribution is 0.834. The molecule has 0 amide bonds. The van der Waals surface area contributed by atoms with Crippen LogP contribution in [0.4, 0.5) is 0 Å². The van der Waals surface area contributed by atoms with Crippen molar-refractivity contribution in [2.75, 3.05) is 0 Å². The predicted octanol–water partition coefficient (Wildman–Crippen LogP) is 3.46. The molecule has 0 nitrogen and oxygen atoms in total. The highest BCUT2D eigenvalue weighted by Gasteiger charge is 2.08. The Hall–Kier alpha value is -1.40. The second kappa shape index (κ2) is 4.73. The molecule has 14 heavy (non-hydrogen) atoms. The van der Waals surface area contributed by atoms with Crippen LogP contribution in [-0.4, -0.2) is 0 Å². The van der Waals surface area contributed by atoms with Crippen molar-refractivity contribution in [1.82, 2.24) is 0 Å². The lowest BCUT2D eigenvalue weighted by Gasteiger charge is -2.14. The van der Waals surface area contributed by atoms with Gasteiger partial charge in [-0.1, -0.05) is 23.0 Å².